The maximum atomic E-state index is 5.02. The van der Waals surface area contributed by atoms with Crippen LogP contribution in [0.3, 0.4) is 0 Å². The van der Waals surface area contributed by atoms with E-state index in [-0.39, 0.29) is 6.04 Å². The van der Waals surface area contributed by atoms with Crippen molar-refractivity contribution in [3.8, 4) is 23.0 Å². The van der Waals surface area contributed by atoms with Gasteiger partial charge in [-0.2, -0.15) is 4.98 Å². The maximum absolute atomic E-state index is 5.02. The molecule has 5 heterocycles. The van der Waals surface area contributed by atoms with Crippen LogP contribution in [0.4, 0.5) is 5.82 Å². The Morgan fingerprint density at radius 2 is 1.90 bits per heavy atom. The Hall–Kier alpha value is -3.69. The van der Waals surface area contributed by atoms with Crippen LogP contribution >= 0.6 is 0 Å². The Morgan fingerprint density at radius 1 is 1.07 bits per heavy atom. The summed E-state index contributed by atoms with van der Waals surface area (Å²) in [5, 5.41) is 8.82. The molecule has 1 aliphatic carbocycles. The fourth-order valence-corrected chi connectivity index (χ4v) is 4.24. The van der Waals surface area contributed by atoms with Crippen LogP contribution in [0.15, 0.2) is 37.3 Å². The van der Waals surface area contributed by atoms with E-state index in [4.69, 9.17) is 4.98 Å². The normalized spacial score (nSPS) is 17.7. The average molecular weight is 400 g/mol. The summed E-state index contributed by atoms with van der Waals surface area (Å²) in [5.74, 6) is 4.02. The van der Waals surface area contributed by atoms with E-state index >= 15 is 0 Å². The van der Waals surface area contributed by atoms with Gasteiger partial charge in [0.1, 0.15) is 23.7 Å². The monoisotopic (exact) mass is 400 g/mol. The van der Waals surface area contributed by atoms with E-state index < -0.39 is 0 Å². The van der Waals surface area contributed by atoms with Gasteiger partial charge in [0.25, 0.3) is 0 Å². The standard InChI is InChI=1S/C20H20N10/c1-3-15-19-27-26-12(2)29(19)16-10-24-20(25-18(16)30(15)14-4-5-14)28-7-6-23-17(28)13-8-21-11-22-9-13/h6-11,14-15H,3-5H2,1-2H3/t15-/m1/s1. The Bertz CT molecular complexity index is 1220. The lowest BCUT2D eigenvalue weighted by atomic mass is 10.1. The summed E-state index contributed by atoms with van der Waals surface area (Å²) in [5.41, 5.74) is 1.74. The van der Waals surface area contributed by atoms with E-state index in [9.17, 15) is 0 Å². The third-order valence-electron chi connectivity index (χ3n) is 5.71. The number of nitrogens with zero attached hydrogens (tertiary/aromatic N) is 10. The van der Waals surface area contributed by atoms with Crippen LogP contribution in [0, 0.1) is 6.92 Å². The summed E-state index contributed by atoms with van der Waals surface area (Å²) in [7, 11) is 0. The lowest BCUT2D eigenvalue weighted by molar-refractivity contribution is 0.530. The Balaban J connectivity index is 1.53. The van der Waals surface area contributed by atoms with Gasteiger partial charge in [-0.3, -0.25) is 9.13 Å². The van der Waals surface area contributed by atoms with Gasteiger partial charge in [-0.1, -0.05) is 6.92 Å². The second-order valence-electron chi connectivity index (χ2n) is 7.63. The number of hydrogen-bond donors (Lipinski definition) is 0. The highest BCUT2D eigenvalue weighted by Crippen LogP contribution is 2.45. The first-order valence-electron chi connectivity index (χ1n) is 10.1. The SMILES string of the molecule is CC[C@@H]1c2nnc(C)n2-c2cnc(-n3ccnc3-c3cncnc3)nc2N1C1CC1. The largest absolute Gasteiger partial charge is 0.341 e. The van der Waals surface area contributed by atoms with Crippen molar-refractivity contribution in [1.82, 2.24) is 44.3 Å². The first-order chi connectivity index (χ1) is 14.8. The molecule has 0 aromatic carbocycles. The molecule has 0 unspecified atom stereocenters. The van der Waals surface area contributed by atoms with Crippen LogP contribution in [-0.4, -0.2) is 50.3 Å². The summed E-state index contributed by atoms with van der Waals surface area (Å²) in [6, 6.07) is 0.630. The van der Waals surface area contributed by atoms with Crippen molar-refractivity contribution in [1.29, 1.82) is 0 Å². The fourth-order valence-electron chi connectivity index (χ4n) is 4.24. The Morgan fingerprint density at radius 3 is 2.67 bits per heavy atom. The molecular weight excluding hydrogens is 380 g/mol. The van der Waals surface area contributed by atoms with Gasteiger partial charge in [0.15, 0.2) is 11.6 Å². The van der Waals surface area contributed by atoms with Crippen molar-refractivity contribution < 1.29 is 0 Å². The topological polar surface area (TPSA) is 103 Å². The number of hydrogen-bond acceptors (Lipinski definition) is 8. The van der Waals surface area contributed by atoms with Crippen LogP contribution in [0.1, 0.15) is 43.9 Å². The molecule has 1 aliphatic heterocycles. The number of imidazole rings is 1. The molecular formula is C20H20N10. The van der Waals surface area contributed by atoms with E-state index in [2.05, 4.69) is 46.5 Å². The average Bonchev–Trinajstić information content (AvgIpc) is 3.37. The van der Waals surface area contributed by atoms with Gasteiger partial charge < -0.3 is 4.90 Å². The molecule has 0 amide bonds. The molecule has 10 nitrogen and oxygen atoms in total. The molecule has 30 heavy (non-hydrogen) atoms. The van der Waals surface area contributed by atoms with E-state index in [0.717, 1.165) is 35.1 Å². The van der Waals surface area contributed by atoms with Crippen molar-refractivity contribution in [3.05, 3.63) is 49.0 Å². The van der Waals surface area contributed by atoms with Crippen molar-refractivity contribution in [2.75, 3.05) is 4.90 Å². The van der Waals surface area contributed by atoms with Crippen LogP contribution in [-0.2, 0) is 0 Å². The third-order valence-corrected chi connectivity index (χ3v) is 5.71. The van der Waals surface area contributed by atoms with E-state index in [1.165, 1.54) is 19.2 Å². The molecule has 150 valence electrons. The quantitative estimate of drug-likeness (QED) is 0.515. The van der Waals surface area contributed by atoms with Crippen LogP contribution in [0.5, 0.6) is 0 Å². The van der Waals surface area contributed by atoms with Crippen LogP contribution in [0.25, 0.3) is 23.0 Å². The number of aryl methyl sites for hydroxylation is 1. The van der Waals surface area contributed by atoms with Gasteiger partial charge in [0, 0.05) is 30.8 Å². The number of rotatable bonds is 4. The second-order valence-corrected chi connectivity index (χ2v) is 7.63. The van der Waals surface area contributed by atoms with Crippen molar-refractivity contribution in [3.63, 3.8) is 0 Å². The first-order valence-corrected chi connectivity index (χ1v) is 10.1. The van der Waals surface area contributed by atoms with Gasteiger partial charge in [0.2, 0.25) is 5.95 Å². The molecule has 0 N–H and O–H groups in total. The summed E-state index contributed by atoms with van der Waals surface area (Å²) in [4.78, 5) is 24.8. The molecule has 0 bridgehead atoms. The van der Waals surface area contributed by atoms with Gasteiger partial charge >= 0.3 is 0 Å². The Labute approximate surface area is 172 Å². The molecule has 1 fully saturated rings. The minimum absolute atomic E-state index is 0.152. The first kappa shape index (κ1) is 17.2. The van der Waals surface area contributed by atoms with Crippen LogP contribution < -0.4 is 4.90 Å². The molecule has 0 radical (unpaired) electrons. The third kappa shape index (κ3) is 2.46. The fraction of sp³-hybridized carbons (Fsp3) is 0.350. The summed E-state index contributed by atoms with van der Waals surface area (Å²) < 4.78 is 3.96. The second kappa shape index (κ2) is 6.41. The maximum Gasteiger partial charge on any atom is 0.237 e. The molecule has 1 saturated carbocycles. The predicted octanol–water partition coefficient (Wildman–Crippen LogP) is 2.44. The number of fused-ring (bicyclic) bond motifs is 3. The highest BCUT2D eigenvalue weighted by molar-refractivity contribution is 5.64. The highest BCUT2D eigenvalue weighted by Gasteiger charge is 2.42. The summed E-state index contributed by atoms with van der Waals surface area (Å²) >= 11 is 0. The minimum atomic E-state index is 0.152. The van der Waals surface area contributed by atoms with Crippen molar-refractivity contribution in [2.24, 2.45) is 0 Å². The van der Waals surface area contributed by atoms with Gasteiger partial charge in [0.05, 0.1) is 17.8 Å². The van der Waals surface area contributed by atoms with Gasteiger partial charge in [-0.25, -0.2) is 19.9 Å². The van der Waals surface area contributed by atoms with E-state index in [1.807, 2.05) is 23.9 Å². The van der Waals surface area contributed by atoms with Crippen molar-refractivity contribution in [2.45, 2.75) is 45.2 Å². The molecule has 10 heteroatoms. The molecule has 1 atom stereocenters. The number of anilines is 1. The molecule has 0 spiro atoms. The minimum Gasteiger partial charge on any atom is -0.341 e. The molecule has 0 saturated heterocycles. The molecule has 6 rings (SSSR count). The summed E-state index contributed by atoms with van der Waals surface area (Å²) in [6.45, 7) is 4.15. The Kier molecular flexibility index (Phi) is 3.67. The van der Waals surface area contributed by atoms with E-state index in [0.29, 0.717) is 17.8 Å². The summed E-state index contributed by atoms with van der Waals surface area (Å²) in [6.07, 6.45) is 13.7. The molecule has 4 aromatic rings. The lowest BCUT2D eigenvalue weighted by Crippen LogP contribution is -2.37. The lowest BCUT2D eigenvalue weighted by Gasteiger charge is -2.37. The molecule has 2 aliphatic rings. The number of aromatic nitrogens is 9. The zero-order chi connectivity index (χ0) is 20.2. The smallest absolute Gasteiger partial charge is 0.237 e. The van der Waals surface area contributed by atoms with Gasteiger partial charge in [-0.15, -0.1) is 10.2 Å². The van der Waals surface area contributed by atoms with Crippen molar-refractivity contribution >= 4 is 5.82 Å². The molecule has 4 aromatic heterocycles. The zero-order valence-electron chi connectivity index (χ0n) is 16.7. The van der Waals surface area contributed by atoms with E-state index in [1.54, 1.807) is 18.6 Å². The highest BCUT2D eigenvalue weighted by atomic mass is 15.4. The van der Waals surface area contributed by atoms with Gasteiger partial charge in [-0.05, 0) is 26.2 Å². The predicted molar refractivity (Wildman–Crippen MR) is 108 cm³/mol. The van der Waals surface area contributed by atoms with Crippen LogP contribution in [0.2, 0.25) is 0 Å². The zero-order valence-corrected chi connectivity index (χ0v) is 16.7.